The van der Waals surface area contributed by atoms with Gasteiger partial charge in [-0.25, -0.2) is 0 Å². The normalized spacial score (nSPS) is 11.7. The molecule has 0 aliphatic carbocycles. The van der Waals surface area contributed by atoms with Crippen LogP contribution in [0.2, 0.25) is 5.28 Å². The first-order valence-electron chi connectivity index (χ1n) is 5.35. The van der Waals surface area contributed by atoms with Crippen molar-refractivity contribution in [2.45, 2.75) is 25.8 Å². The Morgan fingerprint density at radius 3 is 2.65 bits per heavy atom. The van der Waals surface area contributed by atoms with Gasteiger partial charge in [0.25, 0.3) is 0 Å². The van der Waals surface area contributed by atoms with Gasteiger partial charge in [0.2, 0.25) is 17.2 Å². The van der Waals surface area contributed by atoms with Gasteiger partial charge in [0.05, 0.1) is 0 Å². The summed E-state index contributed by atoms with van der Waals surface area (Å²) in [5.74, 6) is 3.59. The first-order valence-corrected chi connectivity index (χ1v) is 5.73. The van der Waals surface area contributed by atoms with E-state index >= 15 is 0 Å². The van der Waals surface area contributed by atoms with Crippen molar-refractivity contribution in [3.05, 3.63) is 5.28 Å². The summed E-state index contributed by atoms with van der Waals surface area (Å²) in [6.45, 7) is 2.05. The van der Waals surface area contributed by atoms with Crippen LogP contribution in [0.5, 0.6) is 0 Å². The standard InChI is InChI=1S/C11H16ClN5/c1-5-7-8(6-2)13-10-14-9(12)15-11(16-10)17(3)4/h1,8H,6-7H2,2-4H3,(H,13,14,15,16). The van der Waals surface area contributed by atoms with Gasteiger partial charge < -0.3 is 10.2 Å². The van der Waals surface area contributed by atoms with Crippen molar-refractivity contribution < 1.29 is 0 Å². The first-order chi connectivity index (χ1) is 8.06. The number of nitrogens with zero attached hydrogens (tertiary/aromatic N) is 4. The molecule has 17 heavy (non-hydrogen) atoms. The summed E-state index contributed by atoms with van der Waals surface area (Å²) in [6.07, 6.45) is 6.80. The topological polar surface area (TPSA) is 53.9 Å². The predicted molar refractivity (Wildman–Crippen MR) is 70.3 cm³/mol. The molecule has 0 spiro atoms. The Bertz CT molecular complexity index is 413. The number of terminal acetylenes is 1. The molecule has 0 saturated carbocycles. The third-order valence-electron chi connectivity index (χ3n) is 2.19. The molecule has 5 nitrogen and oxygen atoms in total. The van der Waals surface area contributed by atoms with E-state index in [2.05, 4.69) is 26.2 Å². The maximum atomic E-state index is 5.83. The second-order valence-electron chi connectivity index (χ2n) is 3.78. The summed E-state index contributed by atoms with van der Waals surface area (Å²) in [5.41, 5.74) is 0. The van der Waals surface area contributed by atoms with Crippen LogP contribution in [0.4, 0.5) is 11.9 Å². The maximum absolute atomic E-state index is 5.83. The molecule has 0 aliphatic rings. The van der Waals surface area contributed by atoms with Crippen molar-refractivity contribution in [1.29, 1.82) is 0 Å². The molecule has 1 unspecified atom stereocenters. The zero-order valence-electron chi connectivity index (χ0n) is 10.2. The number of anilines is 2. The molecule has 0 saturated heterocycles. The van der Waals surface area contributed by atoms with Crippen molar-refractivity contribution in [3.8, 4) is 12.3 Å². The maximum Gasteiger partial charge on any atom is 0.230 e. The lowest BCUT2D eigenvalue weighted by Gasteiger charge is -2.16. The fraction of sp³-hybridized carbons (Fsp3) is 0.545. The molecule has 1 heterocycles. The fourth-order valence-corrected chi connectivity index (χ4v) is 1.38. The Hall–Kier alpha value is -1.54. The molecule has 1 aromatic heterocycles. The third-order valence-corrected chi connectivity index (χ3v) is 2.36. The fourth-order valence-electron chi connectivity index (χ4n) is 1.23. The van der Waals surface area contributed by atoms with Gasteiger partial charge in [-0.1, -0.05) is 6.92 Å². The van der Waals surface area contributed by atoms with Crippen LogP contribution in [0, 0.1) is 12.3 Å². The summed E-state index contributed by atoms with van der Waals surface area (Å²) in [4.78, 5) is 14.0. The van der Waals surface area contributed by atoms with E-state index in [0.717, 1.165) is 6.42 Å². The Morgan fingerprint density at radius 2 is 2.12 bits per heavy atom. The Labute approximate surface area is 107 Å². The number of rotatable bonds is 5. The van der Waals surface area contributed by atoms with Crippen molar-refractivity contribution in [3.63, 3.8) is 0 Å². The second kappa shape index (κ2) is 6.26. The lowest BCUT2D eigenvalue weighted by atomic mass is 10.2. The Morgan fingerprint density at radius 1 is 1.41 bits per heavy atom. The molecule has 1 atom stereocenters. The zero-order chi connectivity index (χ0) is 12.8. The van der Waals surface area contributed by atoms with Gasteiger partial charge in [-0.3, -0.25) is 0 Å². The molecule has 92 valence electrons. The van der Waals surface area contributed by atoms with Crippen molar-refractivity contribution >= 4 is 23.5 Å². The minimum atomic E-state index is 0.147. The Balaban J connectivity index is 2.87. The van der Waals surface area contributed by atoms with Gasteiger partial charge in [0, 0.05) is 26.6 Å². The van der Waals surface area contributed by atoms with E-state index in [-0.39, 0.29) is 11.3 Å². The summed E-state index contributed by atoms with van der Waals surface area (Å²) >= 11 is 5.83. The zero-order valence-corrected chi connectivity index (χ0v) is 11.0. The molecule has 0 fully saturated rings. The minimum Gasteiger partial charge on any atom is -0.350 e. The van der Waals surface area contributed by atoms with Crippen LogP contribution in [-0.4, -0.2) is 35.1 Å². The van der Waals surface area contributed by atoms with E-state index < -0.39 is 0 Å². The molecule has 1 aromatic rings. The van der Waals surface area contributed by atoms with E-state index in [9.17, 15) is 0 Å². The highest BCUT2D eigenvalue weighted by atomic mass is 35.5. The van der Waals surface area contributed by atoms with Gasteiger partial charge in [-0.2, -0.15) is 15.0 Å². The number of halogens is 1. The van der Waals surface area contributed by atoms with Crippen LogP contribution in [0.25, 0.3) is 0 Å². The van der Waals surface area contributed by atoms with E-state index in [4.69, 9.17) is 18.0 Å². The first kappa shape index (κ1) is 13.5. The van der Waals surface area contributed by atoms with E-state index in [1.807, 2.05) is 21.0 Å². The summed E-state index contributed by atoms with van der Waals surface area (Å²) in [6, 6.07) is 0.147. The van der Waals surface area contributed by atoms with Crippen molar-refractivity contribution in [2.75, 3.05) is 24.3 Å². The summed E-state index contributed by atoms with van der Waals surface area (Å²) in [5, 5.41) is 3.32. The quantitative estimate of drug-likeness (QED) is 0.811. The molecular formula is C11H16ClN5. The SMILES string of the molecule is C#CCC(CC)Nc1nc(Cl)nc(N(C)C)n1. The molecule has 6 heteroatoms. The van der Waals surface area contributed by atoms with Gasteiger partial charge in [-0.05, 0) is 18.0 Å². The number of aromatic nitrogens is 3. The van der Waals surface area contributed by atoms with E-state index in [1.54, 1.807) is 4.90 Å². The van der Waals surface area contributed by atoms with Crippen LogP contribution in [0.15, 0.2) is 0 Å². The lowest BCUT2D eigenvalue weighted by Crippen LogP contribution is -2.21. The summed E-state index contributed by atoms with van der Waals surface area (Å²) < 4.78 is 0. The van der Waals surface area contributed by atoms with Crippen LogP contribution < -0.4 is 10.2 Å². The smallest absolute Gasteiger partial charge is 0.230 e. The molecule has 1 N–H and O–H groups in total. The molecule has 0 bridgehead atoms. The van der Waals surface area contributed by atoms with Gasteiger partial charge in [0.1, 0.15) is 0 Å². The monoisotopic (exact) mass is 253 g/mol. The molecule has 0 amide bonds. The van der Waals surface area contributed by atoms with Crippen molar-refractivity contribution in [1.82, 2.24) is 15.0 Å². The highest BCUT2D eigenvalue weighted by molar-refractivity contribution is 6.28. The number of hydrogen-bond donors (Lipinski definition) is 1. The Kier molecular flexibility index (Phi) is 4.98. The predicted octanol–water partition coefficient (Wildman–Crippen LogP) is 1.80. The second-order valence-corrected chi connectivity index (χ2v) is 4.12. The average molecular weight is 254 g/mol. The van der Waals surface area contributed by atoms with Crippen LogP contribution in [0.3, 0.4) is 0 Å². The minimum absolute atomic E-state index is 0.147. The highest BCUT2D eigenvalue weighted by Crippen LogP contribution is 2.13. The van der Waals surface area contributed by atoms with Crippen LogP contribution in [0.1, 0.15) is 19.8 Å². The number of nitrogens with one attached hydrogen (secondary N) is 1. The van der Waals surface area contributed by atoms with E-state index in [1.165, 1.54) is 0 Å². The van der Waals surface area contributed by atoms with Gasteiger partial charge in [-0.15, -0.1) is 12.3 Å². The molecule has 0 aromatic carbocycles. The molecule has 1 rings (SSSR count). The molecule has 0 aliphatic heterocycles. The molecular weight excluding hydrogens is 238 g/mol. The highest BCUT2D eigenvalue weighted by Gasteiger charge is 2.10. The van der Waals surface area contributed by atoms with Gasteiger partial charge in [0.15, 0.2) is 0 Å². The average Bonchev–Trinajstić information content (AvgIpc) is 2.27. The molecule has 0 radical (unpaired) electrons. The largest absolute Gasteiger partial charge is 0.350 e. The summed E-state index contributed by atoms with van der Waals surface area (Å²) in [7, 11) is 3.68. The van der Waals surface area contributed by atoms with Gasteiger partial charge >= 0.3 is 0 Å². The lowest BCUT2D eigenvalue weighted by molar-refractivity contribution is 0.704. The number of hydrogen-bond acceptors (Lipinski definition) is 5. The third kappa shape index (κ3) is 4.08. The van der Waals surface area contributed by atoms with Crippen LogP contribution in [-0.2, 0) is 0 Å². The van der Waals surface area contributed by atoms with E-state index in [0.29, 0.717) is 18.3 Å². The van der Waals surface area contributed by atoms with Crippen LogP contribution >= 0.6 is 11.6 Å². The van der Waals surface area contributed by atoms with Crippen molar-refractivity contribution in [2.24, 2.45) is 0 Å².